The number of hydrogen-bond acceptors (Lipinski definition) is 4. The van der Waals surface area contributed by atoms with Crippen LogP contribution >= 0.6 is 11.6 Å². The molecule has 2 aromatic carbocycles. The average molecular weight is 368 g/mol. The number of rotatable bonds is 6. The van der Waals surface area contributed by atoms with Crippen molar-refractivity contribution in [3.63, 3.8) is 0 Å². The summed E-state index contributed by atoms with van der Waals surface area (Å²) in [6.07, 6.45) is 2.44. The van der Waals surface area contributed by atoms with E-state index in [0.29, 0.717) is 24.4 Å². The van der Waals surface area contributed by atoms with Gasteiger partial charge in [0.1, 0.15) is 0 Å². The lowest BCUT2D eigenvalue weighted by Crippen LogP contribution is -2.29. The minimum Gasteiger partial charge on any atom is -0.419 e. The third-order valence-corrected chi connectivity index (χ3v) is 5.20. The van der Waals surface area contributed by atoms with Gasteiger partial charge in [0.25, 0.3) is 0 Å². The lowest BCUT2D eigenvalue weighted by molar-refractivity contribution is 0.173. The summed E-state index contributed by atoms with van der Waals surface area (Å²) in [5.74, 6) is 1.24. The van der Waals surface area contributed by atoms with E-state index in [4.69, 9.17) is 16.0 Å². The zero-order valence-corrected chi connectivity index (χ0v) is 15.8. The van der Waals surface area contributed by atoms with E-state index in [1.54, 1.807) is 0 Å². The van der Waals surface area contributed by atoms with Crippen molar-refractivity contribution in [3.05, 3.63) is 70.6 Å². The fourth-order valence-corrected chi connectivity index (χ4v) is 3.33. The quantitative estimate of drug-likeness (QED) is 0.583. The summed E-state index contributed by atoms with van der Waals surface area (Å²) < 4.78 is 5.94. The van der Waals surface area contributed by atoms with E-state index >= 15 is 0 Å². The van der Waals surface area contributed by atoms with Crippen LogP contribution in [0.25, 0.3) is 11.5 Å². The second-order valence-corrected chi connectivity index (χ2v) is 7.43. The molecule has 4 rings (SSSR count). The highest BCUT2D eigenvalue weighted by molar-refractivity contribution is 6.30. The molecular formula is C21H22ClN3O. The van der Waals surface area contributed by atoms with Crippen molar-refractivity contribution < 1.29 is 4.42 Å². The Labute approximate surface area is 158 Å². The van der Waals surface area contributed by atoms with Crippen LogP contribution in [0.3, 0.4) is 0 Å². The first-order valence-electron chi connectivity index (χ1n) is 9.01. The summed E-state index contributed by atoms with van der Waals surface area (Å²) in [6.45, 7) is 4.95. The van der Waals surface area contributed by atoms with Gasteiger partial charge < -0.3 is 4.42 Å². The first kappa shape index (κ1) is 17.3. The average Bonchev–Trinajstić information content (AvgIpc) is 3.38. The van der Waals surface area contributed by atoms with Gasteiger partial charge in [0, 0.05) is 22.7 Å². The van der Waals surface area contributed by atoms with Gasteiger partial charge in [0.05, 0.1) is 6.54 Å². The zero-order valence-electron chi connectivity index (χ0n) is 15.0. The summed E-state index contributed by atoms with van der Waals surface area (Å²) >= 11 is 6.02. The van der Waals surface area contributed by atoms with Gasteiger partial charge in [-0.2, -0.15) is 0 Å². The molecule has 0 N–H and O–H groups in total. The lowest BCUT2D eigenvalue weighted by atomic mass is 10.1. The summed E-state index contributed by atoms with van der Waals surface area (Å²) in [5, 5.41) is 9.27. The maximum atomic E-state index is 6.02. The van der Waals surface area contributed by atoms with Crippen LogP contribution in [0.2, 0.25) is 5.02 Å². The molecule has 4 nitrogen and oxygen atoms in total. The minimum atomic E-state index is 0.273. The molecule has 1 atom stereocenters. The molecular weight excluding hydrogens is 346 g/mol. The van der Waals surface area contributed by atoms with E-state index in [-0.39, 0.29) is 6.04 Å². The fourth-order valence-electron chi connectivity index (χ4n) is 3.21. The van der Waals surface area contributed by atoms with E-state index in [9.17, 15) is 0 Å². The summed E-state index contributed by atoms with van der Waals surface area (Å²) in [4.78, 5) is 2.44. The Bertz CT molecular complexity index is 869. The minimum absolute atomic E-state index is 0.273. The van der Waals surface area contributed by atoms with Gasteiger partial charge >= 0.3 is 0 Å². The molecule has 1 fully saturated rings. The van der Waals surface area contributed by atoms with Crippen molar-refractivity contribution in [2.75, 3.05) is 0 Å². The monoisotopic (exact) mass is 367 g/mol. The second-order valence-electron chi connectivity index (χ2n) is 7.00. The molecule has 1 unspecified atom stereocenters. The van der Waals surface area contributed by atoms with E-state index in [1.165, 1.54) is 24.0 Å². The Morgan fingerprint density at radius 1 is 1.08 bits per heavy atom. The highest BCUT2D eigenvalue weighted by atomic mass is 35.5. The van der Waals surface area contributed by atoms with Gasteiger partial charge in [-0.15, -0.1) is 10.2 Å². The predicted octanol–water partition coefficient (Wildman–Crippen LogP) is 5.42. The fraction of sp³-hybridized carbons (Fsp3) is 0.333. The number of benzene rings is 2. The van der Waals surface area contributed by atoms with Crippen LogP contribution in [0.4, 0.5) is 0 Å². The predicted molar refractivity (Wildman–Crippen MR) is 103 cm³/mol. The van der Waals surface area contributed by atoms with Gasteiger partial charge in [-0.3, -0.25) is 4.90 Å². The van der Waals surface area contributed by atoms with Crippen molar-refractivity contribution in [1.82, 2.24) is 15.1 Å². The molecule has 0 radical (unpaired) electrons. The molecule has 1 heterocycles. The first-order chi connectivity index (χ1) is 12.6. The van der Waals surface area contributed by atoms with Crippen LogP contribution < -0.4 is 0 Å². The molecule has 3 aromatic rings. The van der Waals surface area contributed by atoms with Crippen LogP contribution in [-0.2, 0) is 6.54 Å². The SMILES string of the molecule is Cc1ccc(-c2nnc(CN(C3CC3)C(C)c3ccc(Cl)cc3)o2)cc1. The summed E-state index contributed by atoms with van der Waals surface area (Å²) in [7, 11) is 0. The molecule has 1 saturated carbocycles. The first-order valence-corrected chi connectivity index (χ1v) is 9.38. The van der Waals surface area contributed by atoms with E-state index in [1.807, 2.05) is 24.3 Å². The highest BCUT2D eigenvalue weighted by Gasteiger charge is 2.34. The number of aryl methyl sites for hydroxylation is 1. The Hall–Kier alpha value is -2.17. The molecule has 0 saturated heterocycles. The Balaban J connectivity index is 1.52. The van der Waals surface area contributed by atoms with E-state index in [2.05, 4.69) is 53.2 Å². The Morgan fingerprint density at radius 3 is 2.42 bits per heavy atom. The van der Waals surface area contributed by atoms with Crippen LogP contribution in [0.5, 0.6) is 0 Å². The standard InChI is InChI=1S/C21H22ClN3O/c1-14-3-5-17(6-4-14)21-24-23-20(26-21)13-25(19-11-12-19)15(2)16-7-9-18(22)10-8-16/h3-10,15,19H,11-13H2,1-2H3. The maximum absolute atomic E-state index is 6.02. The maximum Gasteiger partial charge on any atom is 0.247 e. The Kier molecular flexibility index (Phi) is 4.79. The van der Waals surface area contributed by atoms with Crippen LogP contribution in [0.1, 0.15) is 42.8 Å². The van der Waals surface area contributed by atoms with Crippen LogP contribution in [0, 0.1) is 6.92 Å². The van der Waals surface area contributed by atoms with Crippen molar-refractivity contribution in [2.45, 2.75) is 45.3 Å². The third-order valence-electron chi connectivity index (χ3n) is 4.95. The molecule has 1 aliphatic carbocycles. The molecule has 0 aliphatic heterocycles. The van der Waals surface area contributed by atoms with Crippen molar-refractivity contribution in [2.24, 2.45) is 0 Å². The highest BCUT2D eigenvalue weighted by Crippen LogP contribution is 2.36. The lowest BCUT2D eigenvalue weighted by Gasteiger charge is -2.28. The van der Waals surface area contributed by atoms with Gasteiger partial charge in [-0.25, -0.2) is 0 Å². The van der Waals surface area contributed by atoms with Gasteiger partial charge in [0.15, 0.2) is 0 Å². The number of halogens is 1. The third kappa shape index (κ3) is 3.81. The number of hydrogen-bond donors (Lipinski definition) is 0. The summed E-state index contributed by atoms with van der Waals surface area (Å²) in [6, 6.07) is 17.1. The summed E-state index contributed by atoms with van der Waals surface area (Å²) in [5.41, 5.74) is 3.42. The molecule has 26 heavy (non-hydrogen) atoms. The topological polar surface area (TPSA) is 42.2 Å². The zero-order chi connectivity index (χ0) is 18.1. The molecule has 0 spiro atoms. The molecule has 1 aliphatic rings. The Morgan fingerprint density at radius 2 is 1.77 bits per heavy atom. The van der Waals surface area contributed by atoms with Gasteiger partial charge in [0.2, 0.25) is 11.8 Å². The largest absolute Gasteiger partial charge is 0.419 e. The van der Waals surface area contributed by atoms with Gasteiger partial charge in [-0.05, 0) is 56.5 Å². The molecule has 0 bridgehead atoms. The van der Waals surface area contributed by atoms with E-state index in [0.717, 1.165) is 10.6 Å². The smallest absolute Gasteiger partial charge is 0.247 e. The molecule has 5 heteroatoms. The normalized spacial score (nSPS) is 15.4. The van der Waals surface area contributed by atoms with Crippen LogP contribution in [0.15, 0.2) is 52.9 Å². The second kappa shape index (κ2) is 7.22. The molecule has 134 valence electrons. The van der Waals surface area contributed by atoms with Crippen molar-refractivity contribution in [3.8, 4) is 11.5 Å². The number of aromatic nitrogens is 2. The number of nitrogens with zero attached hydrogens (tertiary/aromatic N) is 3. The van der Waals surface area contributed by atoms with Gasteiger partial charge in [-0.1, -0.05) is 41.4 Å². The molecule has 1 aromatic heterocycles. The van der Waals surface area contributed by atoms with E-state index < -0.39 is 0 Å². The van der Waals surface area contributed by atoms with Crippen molar-refractivity contribution in [1.29, 1.82) is 0 Å². The van der Waals surface area contributed by atoms with Crippen molar-refractivity contribution >= 4 is 11.6 Å². The molecule has 0 amide bonds. The van der Waals surface area contributed by atoms with Crippen LogP contribution in [-0.4, -0.2) is 21.1 Å².